The smallest absolute Gasteiger partial charge is 0.352 e. The molecule has 0 saturated heterocycles. The third-order valence-electron chi connectivity index (χ3n) is 3.56. The number of alkyl halides is 3. The minimum Gasteiger partial charge on any atom is -0.352 e. The van der Waals surface area contributed by atoms with Crippen molar-refractivity contribution >= 4 is 17.5 Å². The summed E-state index contributed by atoms with van der Waals surface area (Å²) in [5.41, 5.74) is 0.652. The van der Waals surface area contributed by atoms with Crippen LogP contribution in [0.15, 0.2) is 61.2 Å². The van der Waals surface area contributed by atoms with E-state index in [-0.39, 0.29) is 18.9 Å². The van der Waals surface area contributed by atoms with Crippen LogP contribution in [0.5, 0.6) is 0 Å². The predicted molar refractivity (Wildman–Crippen MR) is 92.3 cm³/mol. The van der Waals surface area contributed by atoms with E-state index in [9.17, 15) is 22.8 Å². The number of para-hydroxylation sites is 1. The lowest BCUT2D eigenvalue weighted by Crippen LogP contribution is -2.25. The van der Waals surface area contributed by atoms with Gasteiger partial charge in [-0.15, -0.1) is 0 Å². The first-order chi connectivity index (χ1) is 12.3. The Kier molecular flexibility index (Phi) is 6.16. The normalized spacial score (nSPS) is 10.9. The summed E-state index contributed by atoms with van der Waals surface area (Å²) in [4.78, 5) is 23.5. The Labute approximate surface area is 148 Å². The molecule has 0 saturated carbocycles. The summed E-state index contributed by atoms with van der Waals surface area (Å²) in [6, 6.07) is 11.5. The maximum atomic E-state index is 12.7. The molecule has 7 heteroatoms. The maximum Gasteiger partial charge on any atom is 0.416 e. The van der Waals surface area contributed by atoms with Crippen molar-refractivity contribution < 1.29 is 22.8 Å². The van der Waals surface area contributed by atoms with Gasteiger partial charge in [0.25, 0.3) is 0 Å². The number of benzene rings is 2. The molecule has 0 unspecified atom stereocenters. The van der Waals surface area contributed by atoms with Crippen LogP contribution in [0, 0.1) is 0 Å². The van der Waals surface area contributed by atoms with E-state index < -0.39 is 17.6 Å². The molecule has 0 aliphatic heterocycles. The van der Waals surface area contributed by atoms with Crippen molar-refractivity contribution in [1.29, 1.82) is 0 Å². The lowest BCUT2D eigenvalue weighted by Gasteiger charge is -2.11. The van der Waals surface area contributed by atoms with Crippen LogP contribution in [0.25, 0.3) is 0 Å². The van der Waals surface area contributed by atoms with Gasteiger partial charge in [-0.25, -0.2) is 0 Å². The lowest BCUT2D eigenvalue weighted by molar-refractivity contribution is -0.137. The summed E-state index contributed by atoms with van der Waals surface area (Å²) in [6.45, 7) is 3.34. The first-order valence-corrected chi connectivity index (χ1v) is 7.74. The van der Waals surface area contributed by atoms with Crippen LogP contribution >= 0.6 is 0 Å². The first-order valence-electron chi connectivity index (χ1n) is 7.74. The van der Waals surface area contributed by atoms with E-state index in [2.05, 4.69) is 17.2 Å². The SMILES string of the molecule is C=CC(=O)Nc1ccccc1CC(=O)NCc1cccc(C(F)(F)F)c1. The van der Waals surface area contributed by atoms with Gasteiger partial charge in [-0.05, 0) is 35.4 Å². The lowest BCUT2D eigenvalue weighted by atomic mass is 10.1. The molecule has 0 spiro atoms. The van der Waals surface area contributed by atoms with E-state index in [1.54, 1.807) is 24.3 Å². The zero-order valence-corrected chi connectivity index (χ0v) is 13.8. The molecular weight excluding hydrogens is 345 g/mol. The molecule has 136 valence electrons. The number of rotatable bonds is 6. The number of nitrogens with one attached hydrogen (secondary N) is 2. The van der Waals surface area contributed by atoms with Gasteiger partial charge < -0.3 is 10.6 Å². The van der Waals surface area contributed by atoms with Gasteiger partial charge in [0, 0.05) is 12.2 Å². The number of amides is 2. The molecule has 0 aromatic heterocycles. The van der Waals surface area contributed by atoms with E-state index in [0.29, 0.717) is 16.8 Å². The largest absolute Gasteiger partial charge is 0.416 e. The molecule has 2 aromatic rings. The molecule has 0 fully saturated rings. The monoisotopic (exact) mass is 362 g/mol. The average molecular weight is 362 g/mol. The van der Waals surface area contributed by atoms with Crippen LogP contribution in [-0.4, -0.2) is 11.8 Å². The molecule has 2 aromatic carbocycles. The Hall–Kier alpha value is -3.09. The predicted octanol–water partition coefficient (Wildman–Crippen LogP) is 3.69. The molecule has 0 atom stereocenters. The number of hydrogen-bond donors (Lipinski definition) is 2. The quantitative estimate of drug-likeness (QED) is 0.770. The number of carbonyl (C=O) groups excluding carboxylic acids is 2. The van der Waals surface area contributed by atoms with Crippen LogP contribution < -0.4 is 10.6 Å². The number of carbonyl (C=O) groups is 2. The Balaban J connectivity index is 2.00. The van der Waals surface area contributed by atoms with Gasteiger partial charge in [-0.3, -0.25) is 9.59 Å². The standard InChI is InChI=1S/C19H17F3N2O2/c1-2-17(25)24-16-9-4-3-7-14(16)11-18(26)23-12-13-6-5-8-15(10-13)19(20,21)22/h2-10H,1,11-12H2,(H,23,26)(H,24,25). The highest BCUT2D eigenvalue weighted by atomic mass is 19.4. The van der Waals surface area contributed by atoms with Gasteiger partial charge in [0.05, 0.1) is 12.0 Å². The molecule has 0 aliphatic rings. The second-order valence-corrected chi connectivity index (χ2v) is 5.50. The molecule has 0 bridgehead atoms. The van der Waals surface area contributed by atoms with E-state index >= 15 is 0 Å². The highest BCUT2D eigenvalue weighted by Crippen LogP contribution is 2.29. The van der Waals surface area contributed by atoms with E-state index in [1.807, 2.05) is 0 Å². The van der Waals surface area contributed by atoms with Crippen LogP contribution in [0.2, 0.25) is 0 Å². The molecule has 0 aliphatic carbocycles. The van der Waals surface area contributed by atoms with Crippen molar-refractivity contribution in [3.05, 3.63) is 77.9 Å². The number of hydrogen-bond acceptors (Lipinski definition) is 2. The minimum absolute atomic E-state index is 0.0213. The zero-order valence-electron chi connectivity index (χ0n) is 13.8. The molecule has 2 N–H and O–H groups in total. The van der Waals surface area contributed by atoms with Crippen molar-refractivity contribution in [2.75, 3.05) is 5.32 Å². The van der Waals surface area contributed by atoms with Crippen molar-refractivity contribution in [3.63, 3.8) is 0 Å². The molecule has 0 radical (unpaired) electrons. The molecule has 2 amide bonds. The minimum atomic E-state index is -4.43. The van der Waals surface area contributed by atoms with Gasteiger partial charge in [0.15, 0.2) is 0 Å². The fourth-order valence-corrected chi connectivity index (χ4v) is 2.27. The van der Waals surface area contributed by atoms with Crippen LogP contribution in [0.3, 0.4) is 0 Å². The topological polar surface area (TPSA) is 58.2 Å². The van der Waals surface area contributed by atoms with E-state index in [4.69, 9.17) is 0 Å². The van der Waals surface area contributed by atoms with E-state index in [0.717, 1.165) is 18.2 Å². The number of anilines is 1. The van der Waals surface area contributed by atoms with Crippen LogP contribution in [-0.2, 0) is 28.7 Å². The van der Waals surface area contributed by atoms with Crippen LogP contribution in [0.1, 0.15) is 16.7 Å². The summed E-state index contributed by atoms with van der Waals surface area (Å²) in [6.07, 6.45) is -3.33. The summed E-state index contributed by atoms with van der Waals surface area (Å²) >= 11 is 0. The zero-order chi connectivity index (χ0) is 19.2. The third-order valence-corrected chi connectivity index (χ3v) is 3.56. The van der Waals surface area contributed by atoms with Crippen molar-refractivity contribution in [1.82, 2.24) is 5.32 Å². The highest BCUT2D eigenvalue weighted by Gasteiger charge is 2.30. The maximum absolute atomic E-state index is 12.7. The second kappa shape index (κ2) is 8.33. The van der Waals surface area contributed by atoms with Crippen molar-refractivity contribution in [2.24, 2.45) is 0 Å². The Morgan fingerprint density at radius 3 is 2.50 bits per heavy atom. The summed E-state index contributed by atoms with van der Waals surface area (Å²) in [5.74, 6) is -0.774. The van der Waals surface area contributed by atoms with Crippen molar-refractivity contribution in [3.8, 4) is 0 Å². The van der Waals surface area contributed by atoms with Crippen LogP contribution in [0.4, 0.5) is 18.9 Å². The molecule has 4 nitrogen and oxygen atoms in total. The summed E-state index contributed by atoms with van der Waals surface area (Å²) in [5, 5.41) is 5.18. The van der Waals surface area contributed by atoms with Crippen molar-refractivity contribution in [2.45, 2.75) is 19.1 Å². The molecule has 26 heavy (non-hydrogen) atoms. The Bertz CT molecular complexity index is 816. The van der Waals surface area contributed by atoms with Gasteiger partial charge in [-0.1, -0.05) is 36.9 Å². The fourth-order valence-electron chi connectivity index (χ4n) is 2.27. The fraction of sp³-hybridized carbons (Fsp3) is 0.158. The third kappa shape index (κ3) is 5.47. The Morgan fingerprint density at radius 2 is 1.81 bits per heavy atom. The molecule has 2 rings (SSSR count). The van der Waals surface area contributed by atoms with Gasteiger partial charge in [0.1, 0.15) is 0 Å². The molecule has 0 heterocycles. The Morgan fingerprint density at radius 1 is 1.08 bits per heavy atom. The van der Waals surface area contributed by atoms with E-state index in [1.165, 1.54) is 12.1 Å². The average Bonchev–Trinajstić information content (AvgIpc) is 2.61. The second-order valence-electron chi connectivity index (χ2n) is 5.50. The summed E-state index contributed by atoms with van der Waals surface area (Å²) in [7, 11) is 0. The van der Waals surface area contributed by atoms with Gasteiger partial charge in [-0.2, -0.15) is 13.2 Å². The first kappa shape index (κ1) is 19.2. The summed E-state index contributed by atoms with van der Waals surface area (Å²) < 4.78 is 38.1. The van der Waals surface area contributed by atoms with Gasteiger partial charge >= 0.3 is 6.18 Å². The molecular formula is C19H17F3N2O2. The highest BCUT2D eigenvalue weighted by molar-refractivity contribution is 5.99. The van der Waals surface area contributed by atoms with Gasteiger partial charge in [0.2, 0.25) is 11.8 Å². The number of halogens is 3.